The molecule has 1 fully saturated rings. The molecule has 30 heavy (non-hydrogen) atoms. The molecule has 6 heteroatoms. The highest BCUT2D eigenvalue weighted by molar-refractivity contribution is 6.02. The van der Waals surface area contributed by atoms with Crippen molar-refractivity contribution in [2.75, 3.05) is 20.0 Å². The van der Waals surface area contributed by atoms with Crippen molar-refractivity contribution in [1.29, 1.82) is 0 Å². The van der Waals surface area contributed by atoms with Crippen LogP contribution in [0.1, 0.15) is 55.3 Å². The van der Waals surface area contributed by atoms with E-state index in [4.69, 9.17) is 15.2 Å². The third-order valence-electron chi connectivity index (χ3n) is 5.86. The topological polar surface area (TPSA) is 90.6 Å². The second-order valence-electron chi connectivity index (χ2n) is 7.83. The van der Waals surface area contributed by atoms with E-state index in [1.807, 2.05) is 30.3 Å². The zero-order chi connectivity index (χ0) is 21.6. The molecule has 0 aliphatic heterocycles. The van der Waals surface area contributed by atoms with E-state index in [0.29, 0.717) is 24.1 Å². The van der Waals surface area contributed by atoms with E-state index in [0.717, 1.165) is 49.0 Å². The fourth-order valence-corrected chi connectivity index (χ4v) is 4.10. The van der Waals surface area contributed by atoms with E-state index in [9.17, 15) is 9.59 Å². The molecule has 0 radical (unpaired) electrons. The van der Waals surface area contributed by atoms with Gasteiger partial charge in [-0.25, -0.2) is 4.79 Å². The summed E-state index contributed by atoms with van der Waals surface area (Å²) < 4.78 is 10.2. The van der Waals surface area contributed by atoms with Crippen LogP contribution in [0.5, 0.6) is 5.75 Å². The van der Waals surface area contributed by atoms with Gasteiger partial charge in [0.2, 0.25) is 0 Å². The van der Waals surface area contributed by atoms with Crippen LogP contribution in [0.25, 0.3) is 11.1 Å². The van der Waals surface area contributed by atoms with Crippen LogP contribution >= 0.6 is 0 Å². The largest absolute Gasteiger partial charge is 0.497 e. The lowest BCUT2D eigenvalue weighted by Gasteiger charge is -2.33. The van der Waals surface area contributed by atoms with Crippen LogP contribution in [0.3, 0.4) is 0 Å². The van der Waals surface area contributed by atoms with Crippen LogP contribution < -0.4 is 15.8 Å². The summed E-state index contributed by atoms with van der Waals surface area (Å²) in [7, 11) is 2.99. The second kappa shape index (κ2) is 9.65. The molecular formula is C24H30N2O4. The lowest BCUT2D eigenvalue weighted by molar-refractivity contribution is -0.149. The summed E-state index contributed by atoms with van der Waals surface area (Å²) in [6.45, 7) is 0. The lowest BCUT2D eigenvalue weighted by Crippen LogP contribution is -2.55. The minimum Gasteiger partial charge on any atom is -0.497 e. The van der Waals surface area contributed by atoms with E-state index in [-0.39, 0.29) is 11.9 Å². The molecule has 2 aromatic carbocycles. The number of hydrogen-bond acceptors (Lipinski definition) is 5. The minimum absolute atomic E-state index is 0.347. The minimum atomic E-state index is -0.993. The summed E-state index contributed by atoms with van der Waals surface area (Å²) in [4.78, 5) is 25.7. The van der Waals surface area contributed by atoms with Gasteiger partial charge in [-0.1, -0.05) is 50.3 Å². The number of methoxy groups -OCH3 is 2. The Morgan fingerprint density at radius 3 is 2.07 bits per heavy atom. The maximum atomic E-state index is 13.1. The van der Waals surface area contributed by atoms with E-state index in [2.05, 4.69) is 5.32 Å². The lowest BCUT2D eigenvalue weighted by atomic mass is 9.83. The number of hydrogen-bond donors (Lipinski definition) is 2. The van der Waals surface area contributed by atoms with Crippen LogP contribution in [0.15, 0.2) is 42.5 Å². The Morgan fingerprint density at radius 2 is 1.50 bits per heavy atom. The average molecular weight is 411 g/mol. The first-order chi connectivity index (χ1) is 14.5. The Kier molecular flexibility index (Phi) is 6.98. The van der Waals surface area contributed by atoms with Gasteiger partial charge in [0, 0.05) is 5.69 Å². The van der Waals surface area contributed by atoms with Crippen molar-refractivity contribution in [2.45, 2.75) is 50.5 Å². The summed E-state index contributed by atoms with van der Waals surface area (Å²) in [5, 5.41) is 2.97. The highest BCUT2D eigenvalue weighted by Crippen LogP contribution is 2.30. The van der Waals surface area contributed by atoms with Gasteiger partial charge in [-0.3, -0.25) is 4.79 Å². The molecule has 3 N–H and O–H groups in total. The van der Waals surface area contributed by atoms with Crippen molar-refractivity contribution >= 4 is 17.6 Å². The maximum absolute atomic E-state index is 13.1. The molecule has 6 nitrogen and oxygen atoms in total. The summed E-state index contributed by atoms with van der Waals surface area (Å²) in [6.07, 6.45) is 6.17. The van der Waals surface area contributed by atoms with Crippen LogP contribution in [-0.4, -0.2) is 31.6 Å². The number of nitrogen functional groups attached to an aromatic ring is 1. The van der Waals surface area contributed by atoms with Gasteiger partial charge in [0.1, 0.15) is 11.3 Å². The standard InChI is InChI=1S/C24H30N2O4/c1-29-19-11-8-17(9-12-19)18-10-13-20(21(25)16-18)22(27)26-24(23(28)30-2)14-6-4-3-5-7-15-24/h8-13,16H,3-7,14-15,25H2,1-2H3,(H,26,27). The summed E-state index contributed by atoms with van der Waals surface area (Å²) in [6, 6.07) is 13.0. The van der Waals surface area contributed by atoms with Crippen LogP contribution in [-0.2, 0) is 9.53 Å². The first kappa shape index (κ1) is 21.7. The molecule has 1 aliphatic rings. The molecule has 1 amide bonds. The summed E-state index contributed by atoms with van der Waals surface area (Å²) in [5.41, 5.74) is 7.84. The number of rotatable bonds is 5. The van der Waals surface area contributed by atoms with E-state index in [1.165, 1.54) is 7.11 Å². The molecule has 0 heterocycles. The normalized spacial score (nSPS) is 16.1. The van der Waals surface area contributed by atoms with Gasteiger partial charge >= 0.3 is 5.97 Å². The van der Waals surface area contributed by atoms with E-state index < -0.39 is 5.54 Å². The molecule has 0 bridgehead atoms. The molecule has 0 spiro atoms. The smallest absolute Gasteiger partial charge is 0.331 e. The number of ether oxygens (including phenoxy) is 2. The summed E-state index contributed by atoms with van der Waals surface area (Å²) in [5.74, 6) is 0.0426. The first-order valence-corrected chi connectivity index (χ1v) is 10.4. The predicted octanol–water partition coefficient (Wildman–Crippen LogP) is 4.33. The van der Waals surface area contributed by atoms with Gasteiger partial charge < -0.3 is 20.5 Å². The Balaban J connectivity index is 1.83. The summed E-state index contributed by atoms with van der Waals surface area (Å²) >= 11 is 0. The van der Waals surface area contributed by atoms with E-state index >= 15 is 0 Å². The van der Waals surface area contributed by atoms with Gasteiger partial charge in [0.05, 0.1) is 19.8 Å². The first-order valence-electron chi connectivity index (χ1n) is 10.4. The van der Waals surface area contributed by atoms with Gasteiger partial charge in [-0.2, -0.15) is 0 Å². The highest BCUT2D eigenvalue weighted by Gasteiger charge is 2.41. The number of anilines is 1. The van der Waals surface area contributed by atoms with Crippen molar-refractivity contribution in [2.24, 2.45) is 0 Å². The van der Waals surface area contributed by atoms with Crippen molar-refractivity contribution in [1.82, 2.24) is 5.32 Å². The second-order valence-corrected chi connectivity index (χ2v) is 7.83. The van der Waals surface area contributed by atoms with Crippen molar-refractivity contribution in [3.05, 3.63) is 48.0 Å². The van der Waals surface area contributed by atoms with Crippen molar-refractivity contribution in [3.63, 3.8) is 0 Å². The SMILES string of the molecule is COC(=O)C1(NC(=O)c2ccc(-c3ccc(OC)cc3)cc2N)CCCCCCC1. The molecule has 2 aromatic rings. The quantitative estimate of drug-likeness (QED) is 0.566. The molecule has 160 valence electrons. The molecular weight excluding hydrogens is 380 g/mol. The van der Waals surface area contributed by atoms with Crippen molar-refractivity contribution < 1.29 is 19.1 Å². The number of carbonyl (C=O) groups excluding carboxylic acids is 2. The zero-order valence-electron chi connectivity index (χ0n) is 17.7. The average Bonchev–Trinajstić information content (AvgIpc) is 2.75. The Morgan fingerprint density at radius 1 is 0.900 bits per heavy atom. The third-order valence-corrected chi connectivity index (χ3v) is 5.86. The van der Waals surface area contributed by atoms with Crippen LogP contribution in [0.2, 0.25) is 0 Å². The number of amides is 1. The molecule has 1 saturated carbocycles. The van der Waals surface area contributed by atoms with Gasteiger partial charge in [-0.05, 0) is 48.2 Å². The Hall–Kier alpha value is -3.02. The highest BCUT2D eigenvalue weighted by atomic mass is 16.5. The van der Waals surface area contributed by atoms with Gasteiger partial charge in [0.15, 0.2) is 0 Å². The fourth-order valence-electron chi connectivity index (χ4n) is 4.10. The Bertz CT molecular complexity index is 885. The van der Waals surface area contributed by atoms with Gasteiger partial charge in [-0.15, -0.1) is 0 Å². The van der Waals surface area contributed by atoms with Crippen molar-refractivity contribution in [3.8, 4) is 16.9 Å². The number of benzene rings is 2. The number of nitrogens with two attached hydrogens (primary N) is 1. The molecule has 0 atom stereocenters. The fraction of sp³-hybridized carbons (Fsp3) is 0.417. The van der Waals surface area contributed by atoms with Crippen LogP contribution in [0.4, 0.5) is 5.69 Å². The molecule has 0 unspecified atom stereocenters. The zero-order valence-corrected chi connectivity index (χ0v) is 17.7. The van der Waals surface area contributed by atoms with E-state index in [1.54, 1.807) is 19.2 Å². The molecule has 0 saturated heterocycles. The number of esters is 1. The molecule has 3 rings (SSSR count). The monoisotopic (exact) mass is 410 g/mol. The number of carbonyl (C=O) groups is 2. The Labute approximate surface area is 177 Å². The molecule has 1 aliphatic carbocycles. The predicted molar refractivity (Wildman–Crippen MR) is 117 cm³/mol. The maximum Gasteiger partial charge on any atom is 0.331 e. The third kappa shape index (κ3) is 4.75. The van der Waals surface area contributed by atoms with Crippen LogP contribution in [0, 0.1) is 0 Å². The number of nitrogens with one attached hydrogen (secondary N) is 1. The van der Waals surface area contributed by atoms with Gasteiger partial charge in [0.25, 0.3) is 5.91 Å². The molecule has 0 aromatic heterocycles.